The third-order valence-electron chi connectivity index (χ3n) is 2.12. The van der Waals surface area contributed by atoms with E-state index in [9.17, 15) is 0 Å². The molecule has 0 radical (unpaired) electrons. The Kier molecular flexibility index (Phi) is 2.64. The van der Waals surface area contributed by atoms with Gasteiger partial charge in [-0.1, -0.05) is 32.0 Å². The van der Waals surface area contributed by atoms with Crippen LogP contribution < -0.4 is 0 Å². The van der Waals surface area contributed by atoms with Crippen molar-refractivity contribution in [2.24, 2.45) is 0 Å². The largest absolute Gasteiger partial charge is 0.308 e. The van der Waals surface area contributed by atoms with E-state index in [4.69, 9.17) is 5.41 Å². The summed E-state index contributed by atoms with van der Waals surface area (Å²) in [4.78, 5) is 0. The highest BCUT2D eigenvalue weighted by atomic mass is 14.3. The van der Waals surface area contributed by atoms with E-state index < -0.39 is 0 Å². The lowest BCUT2D eigenvalue weighted by Gasteiger charge is -2.10. The molecule has 1 aromatic carbocycles. The molecule has 64 valence electrons. The molecule has 0 saturated carbocycles. The van der Waals surface area contributed by atoms with Crippen molar-refractivity contribution in [1.82, 2.24) is 0 Å². The lowest BCUT2D eigenvalue weighted by atomic mass is 9.95. The molecule has 1 aromatic rings. The predicted molar refractivity (Wildman–Crippen MR) is 53.2 cm³/mol. The topological polar surface area (TPSA) is 23.9 Å². The average Bonchev–Trinajstić information content (AvgIpc) is 2.03. The molecule has 0 fully saturated rings. The molecule has 0 unspecified atom stereocenters. The molecule has 0 bridgehead atoms. The second-order valence-electron chi connectivity index (χ2n) is 3.38. The van der Waals surface area contributed by atoms with Crippen LogP contribution >= 0.6 is 0 Å². The van der Waals surface area contributed by atoms with Crippen LogP contribution in [0.15, 0.2) is 18.2 Å². The third-order valence-corrected chi connectivity index (χ3v) is 2.12. The fourth-order valence-corrected chi connectivity index (χ4v) is 1.40. The highest BCUT2D eigenvalue weighted by Gasteiger charge is 2.05. The Labute approximate surface area is 73.9 Å². The van der Waals surface area contributed by atoms with E-state index in [1.807, 2.05) is 13.0 Å². The normalized spacial score (nSPS) is 10.3. The van der Waals surface area contributed by atoms with E-state index in [1.54, 1.807) is 0 Å². The van der Waals surface area contributed by atoms with Crippen LogP contribution in [0, 0.1) is 12.3 Å². The van der Waals surface area contributed by atoms with Crippen molar-refractivity contribution in [1.29, 1.82) is 5.41 Å². The minimum Gasteiger partial charge on any atom is -0.308 e. The minimum atomic E-state index is 0.501. The van der Waals surface area contributed by atoms with Gasteiger partial charge in [-0.15, -0.1) is 0 Å². The SMILES string of the molecule is Cc1cccc(C(C)C)c1C=N. The zero-order valence-corrected chi connectivity index (χ0v) is 7.89. The van der Waals surface area contributed by atoms with E-state index >= 15 is 0 Å². The van der Waals surface area contributed by atoms with Crippen LogP contribution in [-0.4, -0.2) is 6.21 Å². The Morgan fingerprint density at radius 1 is 1.33 bits per heavy atom. The first-order chi connectivity index (χ1) is 5.66. The Balaban J connectivity index is 3.27. The Hall–Kier alpha value is -1.11. The predicted octanol–water partition coefficient (Wildman–Crippen LogP) is 3.12. The second-order valence-corrected chi connectivity index (χ2v) is 3.38. The number of nitrogens with one attached hydrogen (secondary N) is 1. The van der Waals surface area contributed by atoms with Crippen LogP contribution in [0.3, 0.4) is 0 Å². The first-order valence-corrected chi connectivity index (χ1v) is 4.26. The van der Waals surface area contributed by atoms with Crippen molar-refractivity contribution in [2.75, 3.05) is 0 Å². The molecule has 0 atom stereocenters. The molecule has 0 heterocycles. The highest BCUT2D eigenvalue weighted by molar-refractivity contribution is 5.81. The summed E-state index contributed by atoms with van der Waals surface area (Å²) in [7, 11) is 0. The standard InChI is InChI=1S/C11H15N/c1-8(2)10-6-4-5-9(3)11(10)7-12/h4-8,12H,1-3H3. The van der Waals surface area contributed by atoms with E-state index in [0.29, 0.717) is 5.92 Å². The number of aryl methyl sites for hydroxylation is 1. The molecule has 1 N–H and O–H groups in total. The maximum absolute atomic E-state index is 7.29. The third kappa shape index (κ3) is 1.55. The van der Waals surface area contributed by atoms with Crippen LogP contribution in [0.2, 0.25) is 0 Å². The van der Waals surface area contributed by atoms with E-state index in [2.05, 4.69) is 26.0 Å². The quantitative estimate of drug-likeness (QED) is 0.644. The highest BCUT2D eigenvalue weighted by Crippen LogP contribution is 2.20. The van der Waals surface area contributed by atoms with Gasteiger partial charge in [0.25, 0.3) is 0 Å². The number of hydrogen-bond acceptors (Lipinski definition) is 1. The van der Waals surface area contributed by atoms with Crippen molar-refractivity contribution in [3.05, 3.63) is 34.9 Å². The van der Waals surface area contributed by atoms with Crippen LogP contribution in [0.5, 0.6) is 0 Å². The number of benzene rings is 1. The summed E-state index contributed by atoms with van der Waals surface area (Å²) in [5.41, 5.74) is 3.54. The van der Waals surface area contributed by atoms with Crippen LogP contribution in [-0.2, 0) is 0 Å². The summed E-state index contributed by atoms with van der Waals surface area (Å²) in [6, 6.07) is 6.20. The lowest BCUT2D eigenvalue weighted by Crippen LogP contribution is -1.97. The van der Waals surface area contributed by atoms with Crippen molar-refractivity contribution in [2.45, 2.75) is 26.7 Å². The van der Waals surface area contributed by atoms with Crippen molar-refractivity contribution >= 4 is 6.21 Å². The van der Waals surface area contributed by atoms with Gasteiger partial charge in [0.05, 0.1) is 0 Å². The Morgan fingerprint density at radius 3 is 2.42 bits per heavy atom. The van der Waals surface area contributed by atoms with E-state index in [-0.39, 0.29) is 0 Å². The monoisotopic (exact) mass is 161 g/mol. The molecule has 0 spiro atoms. The smallest absolute Gasteiger partial charge is 0.0255 e. The van der Waals surface area contributed by atoms with Crippen LogP contribution in [0.1, 0.15) is 36.5 Å². The first kappa shape index (κ1) is 8.98. The molecule has 0 aliphatic heterocycles. The summed E-state index contributed by atoms with van der Waals surface area (Å²) in [6.45, 7) is 6.36. The lowest BCUT2D eigenvalue weighted by molar-refractivity contribution is 0.862. The maximum Gasteiger partial charge on any atom is 0.0255 e. The molecule has 0 aliphatic rings. The Morgan fingerprint density at radius 2 is 2.00 bits per heavy atom. The van der Waals surface area contributed by atoms with Gasteiger partial charge in [-0.3, -0.25) is 0 Å². The zero-order chi connectivity index (χ0) is 9.14. The van der Waals surface area contributed by atoms with Gasteiger partial charge in [0.15, 0.2) is 0 Å². The number of rotatable bonds is 2. The molecule has 0 aliphatic carbocycles. The summed E-state index contributed by atoms with van der Waals surface area (Å²) < 4.78 is 0. The molecule has 1 rings (SSSR count). The minimum absolute atomic E-state index is 0.501. The number of hydrogen-bond donors (Lipinski definition) is 1. The zero-order valence-electron chi connectivity index (χ0n) is 7.89. The van der Waals surface area contributed by atoms with Gasteiger partial charge in [0, 0.05) is 6.21 Å². The molecule has 1 heteroatoms. The van der Waals surface area contributed by atoms with Gasteiger partial charge in [-0.2, -0.15) is 0 Å². The summed E-state index contributed by atoms with van der Waals surface area (Å²) in [5, 5.41) is 7.29. The van der Waals surface area contributed by atoms with Gasteiger partial charge in [-0.05, 0) is 29.5 Å². The van der Waals surface area contributed by atoms with E-state index in [0.717, 1.165) is 5.56 Å². The molecule has 0 amide bonds. The fraction of sp³-hybridized carbons (Fsp3) is 0.364. The molecular weight excluding hydrogens is 146 g/mol. The molecular formula is C11H15N. The van der Waals surface area contributed by atoms with Crippen LogP contribution in [0.4, 0.5) is 0 Å². The fourth-order valence-electron chi connectivity index (χ4n) is 1.40. The van der Waals surface area contributed by atoms with Gasteiger partial charge in [-0.25, -0.2) is 0 Å². The van der Waals surface area contributed by atoms with Gasteiger partial charge < -0.3 is 5.41 Å². The molecule has 12 heavy (non-hydrogen) atoms. The molecule has 1 nitrogen and oxygen atoms in total. The van der Waals surface area contributed by atoms with Crippen molar-refractivity contribution < 1.29 is 0 Å². The first-order valence-electron chi connectivity index (χ1n) is 4.26. The Bertz CT molecular complexity index is 287. The van der Waals surface area contributed by atoms with Gasteiger partial charge >= 0.3 is 0 Å². The summed E-state index contributed by atoms with van der Waals surface area (Å²) in [6.07, 6.45) is 1.45. The summed E-state index contributed by atoms with van der Waals surface area (Å²) in [5.74, 6) is 0.501. The summed E-state index contributed by atoms with van der Waals surface area (Å²) >= 11 is 0. The van der Waals surface area contributed by atoms with E-state index in [1.165, 1.54) is 17.3 Å². The molecule has 0 saturated heterocycles. The van der Waals surface area contributed by atoms with Gasteiger partial charge in [0.2, 0.25) is 0 Å². The van der Waals surface area contributed by atoms with Crippen molar-refractivity contribution in [3.8, 4) is 0 Å². The van der Waals surface area contributed by atoms with Crippen LogP contribution in [0.25, 0.3) is 0 Å². The van der Waals surface area contributed by atoms with Crippen molar-refractivity contribution in [3.63, 3.8) is 0 Å². The van der Waals surface area contributed by atoms with Gasteiger partial charge in [0.1, 0.15) is 0 Å². The molecule has 0 aromatic heterocycles. The maximum atomic E-state index is 7.29. The second kappa shape index (κ2) is 3.53. The average molecular weight is 161 g/mol.